The molecule has 0 aliphatic carbocycles. The van der Waals surface area contributed by atoms with Crippen molar-refractivity contribution >= 4 is 49.9 Å². The van der Waals surface area contributed by atoms with Crippen molar-refractivity contribution in [3.05, 3.63) is 105 Å². The summed E-state index contributed by atoms with van der Waals surface area (Å²) in [5, 5.41) is 4.63. The van der Waals surface area contributed by atoms with Crippen molar-refractivity contribution < 1.29 is 0 Å². The Labute approximate surface area is 193 Å². The van der Waals surface area contributed by atoms with Gasteiger partial charge in [0.2, 0.25) is 0 Å². The van der Waals surface area contributed by atoms with Crippen molar-refractivity contribution in [2.45, 2.75) is 12.5 Å². The average Bonchev–Trinajstić information content (AvgIpc) is 2.79. The largest absolute Gasteiger partial charge is 0.354 e. The van der Waals surface area contributed by atoms with Crippen LogP contribution in [-0.2, 0) is 0 Å². The molecule has 0 amide bonds. The Kier molecular flexibility index (Phi) is 5.26. The molecular formula is C25H18BrN3OS. The zero-order chi connectivity index (χ0) is 21.4. The van der Waals surface area contributed by atoms with E-state index in [-0.39, 0.29) is 11.6 Å². The van der Waals surface area contributed by atoms with Crippen LogP contribution in [0.15, 0.2) is 93.1 Å². The van der Waals surface area contributed by atoms with Crippen LogP contribution in [0.1, 0.15) is 23.6 Å². The molecule has 2 N–H and O–H groups in total. The van der Waals surface area contributed by atoms with E-state index in [0.717, 1.165) is 32.1 Å². The van der Waals surface area contributed by atoms with Crippen LogP contribution >= 0.6 is 28.1 Å². The molecule has 4 aromatic rings. The van der Waals surface area contributed by atoms with Crippen molar-refractivity contribution in [3.63, 3.8) is 0 Å². The van der Waals surface area contributed by atoms with Gasteiger partial charge in [0.15, 0.2) is 5.11 Å². The highest BCUT2D eigenvalue weighted by Gasteiger charge is 2.26. The number of hydrogen-bond donors (Lipinski definition) is 2. The minimum Gasteiger partial charge on any atom is -0.354 e. The second kappa shape index (κ2) is 8.21. The maximum absolute atomic E-state index is 13.3. The molecule has 31 heavy (non-hydrogen) atoms. The molecule has 5 rings (SSSR count). The Bertz CT molecular complexity index is 1380. The maximum atomic E-state index is 13.3. The molecule has 0 fully saturated rings. The fourth-order valence-corrected chi connectivity index (χ4v) is 4.70. The first-order chi connectivity index (χ1) is 15.1. The minimum atomic E-state index is -0.163. The number of aromatic nitrogens is 1. The van der Waals surface area contributed by atoms with E-state index in [1.54, 1.807) is 0 Å². The van der Waals surface area contributed by atoms with Gasteiger partial charge in [-0.15, -0.1) is 0 Å². The number of benzene rings is 3. The highest BCUT2D eigenvalue weighted by Crippen LogP contribution is 2.34. The van der Waals surface area contributed by atoms with Crippen molar-refractivity contribution in [1.82, 2.24) is 10.3 Å². The van der Waals surface area contributed by atoms with Gasteiger partial charge in [0.25, 0.3) is 5.56 Å². The van der Waals surface area contributed by atoms with E-state index < -0.39 is 0 Å². The number of halogens is 1. The van der Waals surface area contributed by atoms with E-state index in [4.69, 9.17) is 12.2 Å². The minimum absolute atomic E-state index is 0.0394. The number of rotatable bonds is 3. The molecular weight excluding hydrogens is 470 g/mol. The third kappa shape index (κ3) is 3.84. The second-order valence-corrected chi connectivity index (χ2v) is 8.74. The second-order valence-electron chi connectivity index (χ2n) is 7.44. The molecule has 0 unspecified atom stereocenters. The molecule has 6 heteroatoms. The van der Waals surface area contributed by atoms with Crippen LogP contribution < -0.4 is 10.9 Å². The van der Waals surface area contributed by atoms with Gasteiger partial charge < -0.3 is 10.3 Å². The monoisotopic (exact) mass is 487 g/mol. The van der Waals surface area contributed by atoms with E-state index in [1.165, 1.54) is 0 Å². The van der Waals surface area contributed by atoms with Crippen LogP contribution in [0, 0.1) is 0 Å². The molecule has 0 spiro atoms. The molecule has 2 heterocycles. The number of nitrogens with zero attached hydrogens (tertiary/aromatic N) is 1. The van der Waals surface area contributed by atoms with Crippen LogP contribution in [0.3, 0.4) is 0 Å². The first-order valence-corrected chi connectivity index (χ1v) is 11.1. The summed E-state index contributed by atoms with van der Waals surface area (Å²) in [5.74, 6) is 0. The molecule has 1 aromatic heterocycles. The molecule has 1 atom stereocenters. The predicted octanol–water partition coefficient (Wildman–Crippen LogP) is 5.77. The van der Waals surface area contributed by atoms with Gasteiger partial charge in [-0.2, -0.15) is 0 Å². The van der Waals surface area contributed by atoms with Gasteiger partial charge in [-0.1, -0.05) is 76.6 Å². The van der Waals surface area contributed by atoms with Crippen LogP contribution in [0.5, 0.6) is 0 Å². The quantitative estimate of drug-likeness (QED) is 0.360. The number of hydrogen-bond acceptors (Lipinski definition) is 2. The number of pyridine rings is 1. The topological polar surface area (TPSA) is 57.2 Å². The SMILES string of the molecule is O=c1[nH]c2ccc(Br)cc2c(-c2ccccc2)c1C1=NC(=S)N[C@H](c2ccccc2)C1. The van der Waals surface area contributed by atoms with Crippen LogP contribution in [0.2, 0.25) is 0 Å². The first-order valence-electron chi connectivity index (χ1n) is 9.94. The van der Waals surface area contributed by atoms with Crippen molar-refractivity contribution in [1.29, 1.82) is 0 Å². The van der Waals surface area contributed by atoms with E-state index in [0.29, 0.717) is 22.8 Å². The summed E-state index contributed by atoms with van der Waals surface area (Å²) in [6.07, 6.45) is 0.562. The smallest absolute Gasteiger partial charge is 0.258 e. The number of fused-ring (bicyclic) bond motifs is 1. The molecule has 152 valence electrons. The molecule has 4 nitrogen and oxygen atoms in total. The molecule has 0 radical (unpaired) electrons. The third-order valence-electron chi connectivity index (χ3n) is 5.46. The Hall–Kier alpha value is -3.09. The van der Waals surface area contributed by atoms with Crippen LogP contribution in [0.25, 0.3) is 22.0 Å². The van der Waals surface area contributed by atoms with Gasteiger partial charge in [-0.05, 0) is 41.5 Å². The molecule has 1 aliphatic rings. The lowest BCUT2D eigenvalue weighted by Crippen LogP contribution is -2.35. The van der Waals surface area contributed by atoms with Crippen molar-refractivity contribution in [2.75, 3.05) is 0 Å². The molecule has 1 aliphatic heterocycles. The van der Waals surface area contributed by atoms with E-state index in [9.17, 15) is 4.79 Å². The van der Waals surface area contributed by atoms with Gasteiger partial charge in [0, 0.05) is 27.4 Å². The fourth-order valence-electron chi connectivity index (χ4n) is 4.08. The lowest BCUT2D eigenvalue weighted by molar-refractivity contribution is 0.664. The average molecular weight is 488 g/mol. The third-order valence-corrected chi connectivity index (χ3v) is 6.16. The summed E-state index contributed by atoms with van der Waals surface area (Å²) < 4.78 is 0.945. The lowest BCUT2D eigenvalue weighted by Gasteiger charge is -2.26. The van der Waals surface area contributed by atoms with E-state index in [2.05, 4.69) is 43.4 Å². The highest BCUT2D eigenvalue weighted by molar-refractivity contribution is 9.10. The summed E-state index contributed by atoms with van der Waals surface area (Å²) in [6.45, 7) is 0. The zero-order valence-electron chi connectivity index (χ0n) is 16.4. The molecule has 0 saturated heterocycles. The van der Waals surface area contributed by atoms with E-state index >= 15 is 0 Å². The number of H-pyrrole nitrogens is 1. The van der Waals surface area contributed by atoms with Crippen molar-refractivity contribution in [2.24, 2.45) is 4.99 Å². The summed E-state index contributed by atoms with van der Waals surface area (Å²) >= 11 is 9.04. The molecule has 3 aromatic carbocycles. The maximum Gasteiger partial charge on any atom is 0.258 e. The van der Waals surface area contributed by atoms with Gasteiger partial charge in [-0.3, -0.25) is 4.79 Å². The summed E-state index contributed by atoms with van der Waals surface area (Å²) in [5.41, 5.74) is 4.84. The van der Waals surface area contributed by atoms with Crippen LogP contribution in [0.4, 0.5) is 0 Å². The summed E-state index contributed by atoms with van der Waals surface area (Å²) in [4.78, 5) is 21.0. The Morgan fingerprint density at radius 2 is 1.65 bits per heavy atom. The highest BCUT2D eigenvalue weighted by atomic mass is 79.9. The number of thiocarbonyl (C=S) groups is 1. The first kappa shape index (κ1) is 19.8. The predicted molar refractivity (Wildman–Crippen MR) is 134 cm³/mol. The van der Waals surface area contributed by atoms with Gasteiger partial charge in [0.1, 0.15) is 0 Å². The number of nitrogens with one attached hydrogen (secondary N) is 2. The molecule has 0 bridgehead atoms. The zero-order valence-corrected chi connectivity index (χ0v) is 18.8. The lowest BCUT2D eigenvalue weighted by atomic mass is 9.89. The standard InChI is InChI=1S/C25H18BrN3OS/c26-17-11-12-19-18(13-17)22(16-9-5-2-6-10-16)23(24(30)27-19)21-14-20(28-25(31)29-21)15-7-3-1-4-8-15/h1-13,20H,14H2,(H,27,30)(H,28,31)/t20-/m0/s1. The van der Waals surface area contributed by atoms with Crippen LogP contribution in [-0.4, -0.2) is 15.8 Å². The Balaban J connectivity index is 1.75. The summed E-state index contributed by atoms with van der Waals surface area (Å²) in [7, 11) is 0. The van der Waals surface area contributed by atoms with E-state index in [1.807, 2.05) is 66.7 Å². The van der Waals surface area contributed by atoms with Crippen molar-refractivity contribution in [3.8, 4) is 11.1 Å². The summed E-state index contributed by atoms with van der Waals surface area (Å²) in [6, 6.07) is 25.9. The normalized spacial score (nSPS) is 16.1. The number of aromatic amines is 1. The fraction of sp³-hybridized carbons (Fsp3) is 0.0800. The molecule has 0 saturated carbocycles. The van der Waals surface area contributed by atoms with Gasteiger partial charge >= 0.3 is 0 Å². The Morgan fingerprint density at radius 1 is 0.935 bits per heavy atom. The number of aliphatic imine (C=N–C) groups is 1. The van der Waals surface area contributed by atoms with Gasteiger partial charge in [-0.25, -0.2) is 4.99 Å². The Morgan fingerprint density at radius 3 is 2.39 bits per heavy atom. The van der Waals surface area contributed by atoms with Gasteiger partial charge in [0.05, 0.1) is 17.3 Å².